The summed E-state index contributed by atoms with van der Waals surface area (Å²) in [5, 5.41) is 7.54. The quantitative estimate of drug-likeness (QED) is 0.798. The molecule has 2 unspecified atom stereocenters. The highest BCUT2D eigenvalue weighted by Crippen LogP contribution is 2.41. The first-order valence-corrected chi connectivity index (χ1v) is 9.83. The minimum absolute atomic E-state index is 0.105. The zero-order valence-electron chi connectivity index (χ0n) is 15.6. The van der Waals surface area contributed by atoms with Gasteiger partial charge in [0.05, 0.1) is 5.71 Å². The minimum Gasteiger partial charge on any atom is -0.307 e. The molecule has 0 radical (unpaired) electrons. The van der Waals surface area contributed by atoms with E-state index in [-0.39, 0.29) is 11.4 Å². The van der Waals surface area contributed by atoms with E-state index in [1.54, 1.807) is 0 Å². The maximum Gasteiger partial charge on any atom is 0.339 e. The van der Waals surface area contributed by atoms with Crippen molar-refractivity contribution < 1.29 is 4.79 Å². The number of hydrogen-bond acceptors (Lipinski definition) is 4. The fraction of sp³-hybridized carbons (Fsp3) is 0.600. The van der Waals surface area contributed by atoms with E-state index in [1.807, 2.05) is 30.3 Å². The number of nitrogens with one attached hydrogen (secondary N) is 2. The maximum atomic E-state index is 12.3. The molecule has 2 amide bonds. The molecule has 0 aliphatic carbocycles. The lowest BCUT2D eigenvalue weighted by atomic mass is 9.68. The van der Waals surface area contributed by atoms with Gasteiger partial charge in [-0.25, -0.2) is 10.2 Å². The van der Waals surface area contributed by atoms with Crippen LogP contribution in [0.25, 0.3) is 0 Å². The smallest absolute Gasteiger partial charge is 0.307 e. The first-order valence-electron chi connectivity index (χ1n) is 9.83. The molecule has 4 heterocycles. The van der Waals surface area contributed by atoms with Crippen LogP contribution in [-0.2, 0) is 0 Å². The van der Waals surface area contributed by atoms with Crippen LogP contribution >= 0.6 is 0 Å². The van der Waals surface area contributed by atoms with Gasteiger partial charge >= 0.3 is 6.03 Å². The average Bonchev–Trinajstić information content (AvgIpc) is 2.88. The van der Waals surface area contributed by atoms with E-state index in [9.17, 15) is 4.79 Å². The molecule has 4 saturated heterocycles. The number of hydrogen-bond donors (Lipinski definition) is 2. The molecule has 4 aliphatic rings. The molecule has 26 heavy (non-hydrogen) atoms. The van der Waals surface area contributed by atoms with Crippen LogP contribution in [-0.4, -0.2) is 60.8 Å². The van der Waals surface area contributed by atoms with Gasteiger partial charge in [0.1, 0.15) is 0 Å². The summed E-state index contributed by atoms with van der Waals surface area (Å²) >= 11 is 0. The van der Waals surface area contributed by atoms with Crippen molar-refractivity contribution in [3.8, 4) is 0 Å². The molecule has 6 nitrogen and oxygen atoms in total. The van der Waals surface area contributed by atoms with Gasteiger partial charge in [0.15, 0.2) is 0 Å². The summed E-state index contributed by atoms with van der Waals surface area (Å²) in [6.45, 7) is 8.90. The number of unbranched alkanes of at least 4 members (excludes halogenated alkanes) is 1. The lowest BCUT2D eigenvalue weighted by Gasteiger charge is -2.50. The number of fused-ring (bicyclic) bond motifs is 1. The molecular formula is C20H29N5O. The first-order chi connectivity index (χ1) is 12.7. The van der Waals surface area contributed by atoms with Gasteiger partial charge in [-0.3, -0.25) is 0 Å². The number of urea groups is 1. The summed E-state index contributed by atoms with van der Waals surface area (Å²) in [6.07, 6.45) is 3.57. The second-order valence-corrected chi connectivity index (χ2v) is 7.98. The molecule has 4 aliphatic heterocycles. The lowest BCUT2D eigenvalue weighted by Crippen LogP contribution is -2.61. The maximum absolute atomic E-state index is 12.3. The van der Waals surface area contributed by atoms with Gasteiger partial charge in [-0.2, -0.15) is 5.10 Å². The van der Waals surface area contributed by atoms with Crippen LogP contribution in [0.3, 0.4) is 0 Å². The summed E-state index contributed by atoms with van der Waals surface area (Å²) in [5.74, 6) is 0.439. The van der Waals surface area contributed by atoms with E-state index in [4.69, 9.17) is 0 Å². The molecule has 4 bridgehead atoms. The molecule has 0 saturated carbocycles. The Kier molecular flexibility index (Phi) is 4.96. The zero-order valence-corrected chi connectivity index (χ0v) is 15.6. The third-order valence-electron chi connectivity index (χ3n) is 5.99. The second kappa shape index (κ2) is 7.37. The Labute approximate surface area is 155 Å². The Morgan fingerprint density at radius 1 is 1.19 bits per heavy atom. The number of amides is 2. The van der Waals surface area contributed by atoms with E-state index in [0.29, 0.717) is 5.92 Å². The Bertz CT molecular complexity index is 658. The predicted molar refractivity (Wildman–Crippen MR) is 104 cm³/mol. The number of carbonyl (C=O) groups excluding carboxylic acids is 1. The molecule has 5 rings (SSSR count). The molecule has 1 aromatic carbocycles. The Morgan fingerprint density at radius 3 is 2.54 bits per heavy atom. The fourth-order valence-corrected chi connectivity index (χ4v) is 4.91. The number of para-hydroxylation sites is 1. The predicted octanol–water partition coefficient (Wildman–Crippen LogP) is 2.60. The number of anilines is 1. The van der Waals surface area contributed by atoms with Gasteiger partial charge in [-0.15, -0.1) is 0 Å². The van der Waals surface area contributed by atoms with Crippen molar-refractivity contribution in [2.75, 3.05) is 44.6 Å². The third-order valence-corrected chi connectivity index (χ3v) is 5.99. The van der Waals surface area contributed by atoms with Crippen LogP contribution in [0.4, 0.5) is 10.5 Å². The third kappa shape index (κ3) is 3.48. The molecule has 140 valence electrons. The van der Waals surface area contributed by atoms with Crippen LogP contribution in [0.5, 0.6) is 0 Å². The molecule has 2 atom stereocenters. The van der Waals surface area contributed by atoms with Crippen molar-refractivity contribution in [2.45, 2.75) is 26.2 Å². The number of rotatable bonds is 5. The molecule has 2 N–H and O–H groups in total. The van der Waals surface area contributed by atoms with Crippen LogP contribution in [0.15, 0.2) is 35.4 Å². The van der Waals surface area contributed by atoms with Crippen molar-refractivity contribution in [3.63, 3.8) is 0 Å². The largest absolute Gasteiger partial charge is 0.339 e. The van der Waals surface area contributed by atoms with Crippen molar-refractivity contribution in [1.82, 2.24) is 15.2 Å². The Balaban J connectivity index is 1.51. The molecular weight excluding hydrogens is 326 g/mol. The Hall–Kier alpha value is -1.92. The van der Waals surface area contributed by atoms with Crippen LogP contribution in [0.2, 0.25) is 0 Å². The van der Waals surface area contributed by atoms with Gasteiger partial charge in [0.2, 0.25) is 0 Å². The van der Waals surface area contributed by atoms with E-state index < -0.39 is 0 Å². The minimum atomic E-state index is -0.262. The summed E-state index contributed by atoms with van der Waals surface area (Å²) in [7, 11) is 0. The van der Waals surface area contributed by atoms with Crippen molar-refractivity contribution in [3.05, 3.63) is 30.3 Å². The van der Waals surface area contributed by atoms with E-state index in [0.717, 1.165) is 38.3 Å². The lowest BCUT2D eigenvalue weighted by molar-refractivity contribution is 0.108. The summed E-state index contributed by atoms with van der Waals surface area (Å²) < 4.78 is 0. The second-order valence-electron chi connectivity index (χ2n) is 7.98. The number of hydrazone groups is 1. The van der Waals surface area contributed by atoms with Crippen molar-refractivity contribution >= 4 is 17.4 Å². The van der Waals surface area contributed by atoms with Gasteiger partial charge < -0.3 is 15.1 Å². The Morgan fingerprint density at radius 2 is 1.88 bits per heavy atom. The van der Waals surface area contributed by atoms with Gasteiger partial charge in [0.25, 0.3) is 0 Å². The highest BCUT2D eigenvalue weighted by Gasteiger charge is 2.51. The fourth-order valence-electron chi connectivity index (χ4n) is 4.91. The van der Waals surface area contributed by atoms with Gasteiger partial charge in [0, 0.05) is 56.3 Å². The topological polar surface area (TPSA) is 60.0 Å². The molecule has 0 aromatic heterocycles. The van der Waals surface area contributed by atoms with Gasteiger partial charge in [-0.1, -0.05) is 38.0 Å². The van der Waals surface area contributed by atoms with Crippen LogP contribution in [0, 0.1) is 11.3 Å². The highest BCUT2D eigenvalue weighted by atomic mass is 16.2. The normalized spacial score (nSPS) is 33.9. The van der Waals surface area contributed by atoms with E-state index in [2.05, 4.69) is 32.6 Å². The van der Waals surface area contributed by atoms with Crippen molar-refractivity contribution in [1.29, 1.82) is 0 Å². The molecule has 4 fully saturated rings. The SMILES string of the molecule is CCCCC12CN3CCN(CC(C3)/C1=N/NC(=O)Nc1ccccc1)C2. The van der Waals surface area contributed by atoms with E-state index >= 15 is 0 Å². The monoisotopic (exact) mass is 355 g/mol. The number of benzene rings is 1. The standard InChI is InChI=1S/C20H29N5O/c1-2-3-9-20-14-24-10-11-25(15-20)13-16(12-24)18(20)22-23-19(26)21-17-7-5-4-6-8-17/h4-8,16H,2-3,9-15H2,1H3,(H2,21,23,26)/b22-18-. The van der Waals surface area contributed by atoms with Crippen LogP contribution in [0.1, 0.15) is 26.2 Å². The number of nitrogens with zero attached hydrogens (tertiary/aromatic N) is 3. The summed E-state index contributed by atoms with van der Waals surface area (Å²) in [4.78, 5) is 17.5. The highest BCUT2D eigenvalue weighted by molar-refractivity contribution is 5.96. The average molecular weight is 355 g/mol. The van der Waals surface area contributed by atoms with Crippen LogP contribution < -0.4 is 10.7 Å². The number of piperidine rings is 2. The van der Waals surface area contributed by atoms with Gasteiger partial charge in [-0.05, 0) is 18.6 Å². The summed E-state index contributed by atoms with van der Waals surface area (Å²) in [6, 6.07) is 9.24. The summed E-state index contributed by atoms with van der Waals surface area (Å²) in [5.41, 5.74) is 4.89. The molecule has 1 aromatic rings. The molecule has 0 spiro atoms. The number of carbonyl (C=O) groups is 1. The molecule has 6 heteroatoms. The van der Waals surface area contributed by atoms with Crippen molar-refractivity contribution in [2.24, 2.45) is 16.4 Å². The first kappa shape index (κ1) is 17.5. The zero-order chi connectivity index (χ0) is 18.0. The van der Waals surface area contributed by atoms with E-state index in [1.165, 1.54) is 31.6 Å².